The van der Waals surface area contributed by atoms with Crippen LogP contribution in [0.2, 0.25) is 0 Å². The summed E-state index contributed by atoms with van der Waals surface area (Å²) in [6, 6.07) is 8.41. The molecule has 1 aliphatic heterocycles. The lowest BCUT2D eigenvalue weighted by molar-refractivity contribution is -0.131. The molecular weight excluding hydrogens is 330 g/mol. The van der Waals surface area contributed by atoms with Crippen molar-refractivity contribution in [1.29, 1.82) is 0 Å². The third-order valence-corrected chi connectivity index (χ3v) is 5.67. The molecule has 1 unspecified atom stereocenters. The Morgan fingerprint density at radius 3 is 2.72 bits per heavy atom. The Morgan fingerprint density at radius 1 is 1.24 bits per heavy atom. The third kappa shape index (κ3) is 4.14. The van der Waals surface area contributed by atoms with Crippen LogP contribution in [-0.2, 0) is 10.2 Å². The summed E-state index contributed by atoms with van der Waals surface area (Å²) in [5, 5.41) is 1.94. The summed E-state index contributed by atoms with van der Waals surface area (Å²) in [5.41, 5.74) is 0.828. The minimum Gasteiger partial charge on any atom is -0.339 e. The highest BCUT2D eigenvalue weighted by Crippen LogP contribution is 2.29. The number of likely N-dealkylation sites (tertiary alicyclic amines) is 1. The van der Waals surface area contributed by atoms with Crippen LogP contribution in [-0.4, -0.2) is 39.1 Å². The number of para-hydroxylation sites is 1. The van der Waals surface area contributed by atoms with Gasteiger partial charge in [0.25, 0.3) is 0 Å². The van der Waals surface area contributed by atoms with Crippen LogP contribution in [0.4, 0.5) is 0 Å². The normalized spacial score (nSPS) is 18.6. The Bertz CT molecular complexity index is 769. The van der Waals surface area contributed by atoms with Crippen molar-refractivity contribution in [1.82, 2.24) is 14.9 Å². The van der Waals surface area contributed by atoms with E-state index in [9.17, 15) is 4.79 Å². The van der Waals surface area contributed by atoms with E-state index >= 15 is 0 Å². The predicted molar refractivity (Wildman–Crippen MR) is 104 cm³/mol. The highest BCUT2D eigenvalue weighted by atomic mass is 32.2. The van der Waals surface area contributed by atoms with Gasteiger partial charge in [0.1, 0.15) is 10.9 Å². The number of benzene rings is 1. The monoisotopic (exact) mass is 357 g/mol. The summed E-state index contributed by atoms with van der Waals surface area (Å²) in [6.07, 6.45) is 3.45. The topological polar surface area (TPSA) is 46.1 Å². The van der Waals surface area contributed by atoms with Crippen molar-refractivity contribution in [2.24, 2.45) is 0 Å². The summed E-state index contributed by atoms with van der Waals surface area (Å²) >= 11 is 1.54. The molecule has 0 aliphatic carbocycles. The SMILES string of the molecule is CC1CCCCN1C(=O)CSc1nc(C(C)(C)C)nc2ccccc12. The number of amides is 1. The van der Waals surface area contributed by atoms with Gasteiger partial charge in [-0.3, -0.25) is 4.79 Å². The number of rotatable bonds is 3. The fourth-order valence-electron chi connectivity index (χ4n) is 3.17. The maximum absolute atomic E-state index is 12.7. The van der Waals surface area contributed by atoms with E-state index in [0.29, 0.717) is 11.8 Å². The van der Waals surface area contributed by atoms with Gasteiger partial charge in [-0.2, -0.15) is 0 Å². The first-order valence-corrected chi connectivity index (χ1v) is 10.0. The van der Waals surface area contributed by atoms with E-state index < -0.39 is 0 Å². The zero-order chi connectivity index (χ0) is 18.0. The quantitative estimate of drug-likeness (QED) is 0.602. The molecule has 3 rings (SSSR count). The van der Waals surface area contributed by atoms with Crippen LogP contribution in [0.3, 0.4) is 0 Å². The minimum absolute atomic E-state index is 0.120. The van der Waals surface area contributed by atoms with E-state index in [2.05, 4.69) is 27.7 Å². The standard InChI is InChI=1S/C20H27N3OS/c1-14-9-7-8-12-23(14)17(24)13-25-18-15-10-5-6-11-16(15)21-19(22-18)20(2,3)4/h5-6,10-11,14H,7-9,12-13H2,1-4H3. The number of hydrogen-bond acceptors (Lipinski definition) is 4. The van der Waals surface area contributed by atoms with Gasteiger partial charge in [-0.05, 0) is 32.3 Å². The Hall–Kier alpha value is -1.62. The number of fused-ring (bicyclic) bond motifs is 1. The largest absolute Gasteiger partial charge is 0.339 e. The second-order valence-electron chi connectivity index (χ2n) is 7.84. The zero-order valence-electron chi connectivity index (χ0n) is 15.6. The molecule has 0 saturated carbocycles. The van der Waals surface area contributed by atoms with Crippen molar-refractivity contribution in [3.05, 3.63) is 30.1 Å². The first-order valence-electron chi connectivity index (χ1n) is 9.06. The Labute approximate surface area is 154 Å². The van der Waals surface area contributed by atoms with Crippen LogP contribution in [0.1, 0.15) is 52.8 Å². The van der Waals surface area contributed by atoms with Gasteiger partial charge < -0.3 is 4.90 Å². The molecule has 1 fully saturated rings. The molecule has 2 aromatic rings. The van der Waals surface area contributed by atoms with Crippen molar-refractivity contribution in [3.63, 3.8) is 0 Å². The molecule has 1 aromatic heterocycles. The van der Waals surface area contributed by atoms with Gasteiger partial charge in [0.2, 0.25) is 5.91 Å². The van der Waals surface area contributed by atoms with E-state index in [4.69, 9.17) is 9.97 Å². The van der Waals surface area contributed by atoms with Gasteiger partial charge in [0, 0.05) is 23.4 Å². The average molecular weight is 358 g/mol. The first-order chi connectivity index (χ1) is 11.9. The van der Waals surface area contributed by atoms with Crippen LogP contribution in [0, 0.1) is 0 Å². The number of aromatic nitrogens is 2. The second-order valence-corrected chi connectivity index (χ2v) is 8.80. The summed E-state index contributed by atoms with van der Waals surface area (Å²) in [4.78, 5) is 24.2. The Balaban J connectivity index is 1.84. The lowest BCUT2D eigenvalue weighted by Crippen LogP contribution is -2.42. The smallest absolute Gasteiger partial charge is 0.233 e. The maximum Gasteiger partial charge on any atom is 0.233 e. The molecule has 1 amide bonds. The Kier molecular flexibility index (Phi) is 5.32. The number of thioether (sulfide) groups is 1. The van der Waals surface area contributed by atoms with E-state index in [0.717, 1.165) is 41.1 Å². The van der Waals surface area contributed by atoms with E-state index in [-0.39, 0.29) is 11.3 Å². The molecule has 25 heavy (non-hydrogen) atoms. The molecule has 2 heterocycles. The molecule has 5 heteroatoms. The second kappa shape index (κ2) is 7.32. The summed E-state index contributed by atoms with van der Waals surface area (Å²) in [6.45, 7) is 9.39. The van der Waals surface area contributed by atoms with E-state index in [1.54, 1.807) is 11.8 Å². The van der Waals surface area contributed by atoms with Gasteiger partial charge in [-0.25, -0.2) is 9.97 Å². The average Bonchev–Trinajstić information content (AvgIpc) is 2.58. The van der Waals surface area contributed by atoms with Crippen molar-refractivity contribution < 1.29 is 4.79 Å². The van der Waals surface area contributed by atoms with Crippen LogP contribution < -0.4 is 0 Å². The lowest BCUT2D eigenvalue weighted by atomic mass is 9.95. The van der Waals surface area contributed by atoms with Crippen molar-refractivity contribution in [3.8, 4) is 0 Å². The zero-order valence-corrected chi connectivity index (χ0v) is 16.4. The molecule has 1 atom stereocenters. The molecule has 1 aromatic carbocycles. The molecule has 0 N–H and O–H groups in total. The van der Waals surface area contributed by atoms with Gasteiger partial charge in [-0.15, -0.1) is 0 Å². The number of hydrogen-bond donors (Lipinski definition) is 0. The molecule has 0 radical (unpaired) electrons. The molecule has 1 aliphatic rings. The fraction of sp³-hybridized carbons (Fsp3) is 0.550. The minimum atomic E-state index is -0.120. The molecule has 4 nitrogen and oxygen atoms in total. The summed E-state index contributed by atoms with van der Waals surface area (Å²) in [7, 11) is 0. The number of nitrogens with zero attached hydrogens (tertiary/aromatic N) is 3. The number of piperidine rings is 1. The van der Waals surface area contributed by atoms with Crippen LogP contribution in [0.15, 0.2) is 29.3 Å². The first kappa shape index (κ1) is 18.2. The number of carbonyl (C=O) groups excluding carboxylic acids is 1. The van der Waals surface area contributed by atoms with Crippen molar-refractivity contribution in [2.45, 2.75) is 63.4 Å². The van der Waals surface area contributed by atoms with Gasteiger partial charge in [0.05, 0.1) is 11.3 Å². The molecule has 0 bridgehead atoms. The lowest BCUT2D eigenvalue weighted by Gasteiger charge is -2.33. The van der Waals surface area contributed by atoms with Crippen molar-refractivity contribution >= 4 is 28.6 Å². The van der Waals surface area contributed by atoms with E-state index in [1.165, 1.54) is 6.42 Å². The molecule has 134 valence electrons. The fourth-order valence-corrected chi connectivity index (χ4v) is 4.08. The highest BCUT2D eigenvalue weighted by molar-refractivity contribution is 8.00. The van der Waals surface area contributed by atoms with Gasteiger partial charge in [-0.1, -0.05) is 50.7 Å². The highest BCUT2D eigenvalue weighted by Gasteiger charge is 2.24. The third-order valence-electron chi connectivity index (χ3n) is 4.69. The van der Waals surface area contributed by atoms with Crippen LogP contribution in [0.25, 0.3) is 10.9 Å². The van der Waals surface area contributed by atoms with Crippen LogP contribution >= 0.6 is 11.8 Å². The summed E-state index contributed by atoms with van der Waals surface area (Å²) in [5.74, 6) is 1.49. The van der Waals surface area contributed by atoms with Gasteiger partial charge in [0.15, 0.2) is 0 Å². The predicted octanol–water partition coefficient (Wildman–Crippen LogP) is 4.42. The van der Waals surface area contributed by atoms with Crippen LogP contribution in [0.5, 0.6) is 0 Å². The molecule has 1 saturated heterocycles. The van der Waals surface area contributed by atoms with Gasteiger partial charge >= 0.3 is 0 Å². The molecular formula is C20H27N3OS. The maximum atomic E-state index is 12.7. The van der Waals surface area contributed by atoms with Crippen molar-refractivity contribution in [2.75, 3.05) is 12.3 Å². The number of carbonyl (C=O) groups is 1. The van der Waals surface area contributed by atoms with E-state index in [1.807, 2.05) is 29.2 Å². The molecule has 0 spiro atoms. The summed E-state index contributed by atoms with van der Waals surface area (Å²) < 4.78 is 0. The Morgan fingerprint density at radius 2 is 2.00 bits per heavy atom.